The van der Waals surface area contributed by atoms with Gasteiger partial charge in [-0.3, -0.25) is 4.79 Å². The summed E-state index contributed by atoms with van der Waals surface area (Å²) in [6, 6.07) is 0. The first kappa shape index (κ1) is 30.0. The lowest BCUT2D eigenvalue weighted by Gasteiger charge is -2.38. The van der Waals surface area contributed by atoms with Crippen LogP contribution in [-0.4, -0.2) is 70.1 Å². The average molecular weight is 473 g/mol. The van der Waals surface area contributed by atoms with Crippen LogP contribution in [0.3, 0.4) is 0 Å². The number of ether oxygens (including phenoxy) is 2. The Labute approximate surface area is 200 Å². The van der Waals surface area contributed by atoms with Gasteiger partial charge in [-0.05, 0) is 32.1 Å². The second-order valence-corrected chi connectivity index (χ2v) is 9.22. The molecule has 7 heteroatoms. The summed E-state index contributed by atoms with van der Waals surface area (Å²) in [4.78, 5) is 12.2. The summed E-state index contributed by atoms with van der Waals surface area (Å²) < 4.78 is 10.7. The number of carbonyl (C=O) groups excluding carboxylic acids is 1. The predicted molar refractivity (Wildman–Crippen MR) is 129 cm³/mol. The van der Waals surface area contributed by atoms with Crippen LogP contribution in [0.4, 0.5) is 0 Å². The maximum atomic E-state index is 12.2. The number of allylic oxidation sites excluding steroid dienone is 2. The monoisotopic (exact) mass is 472 g/mol. The molecule has 1 unspecified atom stereocenters. The zero-order valence-electron chi connectivity index (χ0n) is 20.6. The van der Waals surface area contributed by atoms with Crippen LogP contribution in [-0.2, 0) is 14.3 Å². The third kappa shape index (κ3) is 13.5. The highest BCUT2D eigenvalue weighted by Crippen LogP contribution is 2.23. The van der Waals surface area contributed by atoms with Crippen LogP contribution in [0.15, 0.2) is 12.2 Å². The minimum absolute atomic E-state index is 0.243. The van der Waals surface area contributed by atoms with E-state index in [0.29, 0.717) is 19.4 Å². The molecule has 1 aliphatic rings. The smallest absolute Gasteiger partial charge is 0.306 e. The predicted octanol–water partition coefficient (Wildman–Crippen LogP) is 3.80. The van der Waals surface area contributed by atoms with Crippen molar-refractivity contribution >= 4 is 5.97 Å². The summed E-state index contributed by atoms with van der Waals surface area (Å²) in [5.41, 5.74) is 0. The van der Waals surface area contributed by atoms with Gasteiger partial charge in [-0.1, -0.05) is 70.4 Å². The fourth-order valence-corrected chi connectivity index (χ4v) is 3.96. The van der Waals surface area contributed by atoms with Crippen LogP contribution in [0.1, 0.15) is 103 Å². The topological polar surface area (TPSA) is 116 Å². The number of aliphatic hydroxyl groups excluding tert-OH is 4. The minimum Gasteiger partial charge on any atom is -0.457 e. The van der Waals surface area contributed by atoms with Crippen molar-refractivity contribution in [3.8, 4) is 0 Å². The molecule has 0 bridgehead atoms. The molecule has 1 aliphatic heterocycles. The van der Waals surface area contributed by atoms with Crippen LogP contribution in [0, 0.1) is 0 Å². The molecule has 0 radical (unpaired) electrons. The molecule has 0 aromatic heterocycles. The standard InChI is InChI=1S/C26H48O7/c1-2-3-4-5-6-7-8-9-10-11-12-13-14-15-16-17-23(29)33-26(22-18-19-32-22)25(31)24(30)21(28)20-27/h9-10,21-22,24-28,30-31H,2-8,11-20H2,1H3/b10-9-/t21-,22?,24-,25+,26+/m1/s1. The van der Waals surface area contributed by atoms with Gasteiger partial charge in [0.25, 0.3) is 0 Å². The first-order valence-corrected chi connectivity index (χ1v) is 13.1. The zero-order valence-corrected chi connectivity index (χ0v) is 20.6. The molecule has 0 aromatic carbocycles. The van der Waals surface area contributed by atoms with Crippen LogP contribution < -0.4 is 0 Å². The fraction of sp³-hybridized carbons (Fsp3) is 0.885. The van der Waals surface area contributed by atoms with Gasteiger partial charge in [0, 0.05) is 19.4 Å². The summed E-state index contributed by atoms with van der Waals surface area (Å²) >= 11 is 0. The summed E-state index contributed by atoms with van der Waals surface area (Å²) in [6.07, 6.45) is 14.6. The Morgan fingerprint density at radius 1 is 0.909 bits per heavy atom. The van der Waals surface area contributed by atoms with E-state index in [1.165, 1.54) is 44.9 Å². The molecule has 0 spiro atoms. The van der Waals surface area contributed by atoms with Crippen molar-refractivity contribution in [2.24, 2.45) is 0 Å². The largest absolute Gasteiger partial charge is 0.457 e. The maximum absolute atomic E-state index is 12.2. The van der Waals surface area contributed by atoms with Crippen molar-refractivity contribution < 1.29 is 34.7 Å². The number of aliphatic hydroxyl groups is 4. The van der Waals surface area contributed by atoms with E-state index >= 15 is 0 Å². The number of unbranched alkanes of at least 4 members (excludes halogenated alkanes) is 11. The van der Waals surface area contributed by atoms with E-state index in [1.807, 2.05) is 0 Å². The summed E-state index contributed by atoms with van der Waals surface area (Å²) in [6.45, 7) is 2.05. The molecule has 7 nitrogen and oxygen atoms in total. The Hall–Kier alpha value is -0.990. The van der Waals surface area contributed by atoms with Crippen molar-refractivity contribution in [2.45, 2.75) is 134 Å². The number of carbonyl (C=O) groups is 1. The highest BCUT2D eigenvalue weighted by atomic mass is 16.6. The molecular formula is C26H48O7. The van der Waals surface area contributed by atoms with Crippen molar-refractivity contribution in [3.05, 3.63) is 12.2 Å². The molecule has 4 N–H and O–H groups in total. The first-order valence-electron chi connectivity index (χ1n) is 13.1. The highest BCUT2D eigenvalue weighted by Gasteiger charge is 2.41. The summed E-state index contributed by atoms with van der Waals surface area (Å²) in [5.74, 6) is -0.446. The first-order chi connectivity index (χ1) is 16.0. The van der Waals surface area contributed by atoms with E-state index in [9.17, 15) is 20.1 Å². The molecule has 1 saturated heterocycles. The molecule has 0 aromatic rings. The number of hydrogen-bond acceptors (Lipinski definition) is 7. The van der Waals surface area contributed by atoms with E-state index in [-0.39, 0.29) is 6.42 Å². The quantitative estimate of drug-likeness (QED) is 0.114. The molecule has 194 valence electrons. The number of hydrogen-bond donors (Lipinski definition) is 4. The Balaban J connectivity index is 2.08. The molecule has 0 saturated carbocycles. The second kappa shape index (κ2) is 19.3. The van der Waals surface area contributed by atoms with Crippen molar-refractivity contribution in [2.75, 3.05) is 13.2 Å². The average Bonchev–Trinajstić information content (AvgIpc) is 2.78. The van der Waals surface area contributed by atoms with E-state index in [2.05, 4.69) is 19.1 Å². The van der Waals surface area contributed by atoms with Crippen LogP contribution in [0.5, 0.6) is 0 Å². The lowest BCUT2D eigenvalue weighted by Crippen LogP contribution is -2.55. The number of rotatable bonds is 21. The zero-order chi connectivity index (χ0) is 24.3. The number of esters is 1. The molecule has 1 rings (SSSR count). The molecular weight excluding hydrogens is 424 g/mol. The van der Waals surface area contributed by atoms with Crippen LogP contribution in [0.25, 0.3) is 0 Å². The van der Waals surface area contributed by atoms with E-state index in [1.54, 1.807) is 0 Å². The summed E-state index contributed by atoms with van der Waals surface area (Å²) in [5, 5.41) is 38.8. The lowest BCUT2D eigenvalue weighted by molar-refractivity contribution is -0.205. The normalized spacial score (nSPS) is 19.7. The van der Waals surface area contributed by atoms with Crippen molar-refractivity contribution in [1.82, 2.24) is 0 Å². The van der Waals surface area contributed by atoms with Gasteiger partial charge in [-0.15, -0.1) is 0 Å². The van der Waals surface area contributed by atoms with E-state index in [0.717, 1.165) is 32.1 Å². The van der Waals surface area contributed by atoms with Crippen LogP contribution >= 0.6 is 0 Å². The van der Waals surface area contributed by atoms with Gasteiger partial charge in [0.2, 0.25) is 0 Å². The van der Waals surface area contributed by atoms with E-state index < -0.39 is 43.1 Å². The van der Waals surface area contributed by atoms with Gasteiger partial charge in [-0.25, -0.2) is 0 Å². The molecule has 5 atom stereocenters. The maximum Gasteiger partial charge on any atom is 0.306 e. The SMILES string of the molecule is CCCCCCCC/C=C\CCCCCCCC(=O)O[C@@H](C1CCO1)[C@@H](O)[C@H](O)[C@H](O)CO. The third-order valence-corrected chi connectivity index (χ3v) is 6.28. The minimum atomic E-state index is -1.61. The second-order valence-electron chi connectivity index (χ2n) is 9.22. The molecule has 33 heavy (non-hydrogen) atoms. The van der Waals surface area contributed by atoms with Gasteiger partial charge >= 0.3 is 5.97 Å². The van der Waals surface area contributed by atoms with Gasteiger partial charge in [0.05, 0.1) is 12.7 Å². The lowest BCUT2D eigenvalue weighted by atomic mass is 9.95. The Kier molecular flexibility index (Phi) is 17.6. The van der Waals surface area contributed by atoms with E-state index in [4.69, 9.17) is 14.6 Å². The molecule has 0 amide bonds. The molecule has 1 fully saturated rings. The van der Waals surface area contributed by atoms with Gasteiger partial charge in [-0.2, -0.15) is 0 Å². The highest BCUT2D eigenvalue weighted by molar-refractivity contribution is 5.69. The van der Waals surface area contributed by atoms with Gasteiger partial charge in [0.15, 0.2) is 6.10 Å². The van der Waals surface area contributed by atoms with Crippen molar-refractivity contribution in [3.63, 3.8) is 0 Å². The Morgan fingerprint density at radius 2 is 1.45 bits per heavy atom. The van der Waals surface area contributed by atoms with Crippen LogP contribution in [0.2, 0.25) is 0 Å². The van der Waals surface area contributed by atoms with Gasteiger partial charge < -0.3 is 29.9 Å². The summed E-state index contributed by atoms with van der Waals surface area (Å²) in [7, 11) is 0. The Morgan fingerprint density at radius 3 is 1.97 bits per heavy atom. The fourth-order valence-electron chi connectivity index (χ4n) is 3.96. The van der Waals surface area contributed by atoms with Gasteiger partial charge in [0.1, 0.15) is 18.3 Å². The van der Waals surface area contributed by atoms with Crippen molar-refractivity contribution in [1.29, 1.82) is 0 Å². The third-order valence-electron chi connectivity index (χ3n) is 6.28. The molecule has 1 heterocycles. The molecule has 0 aliphatic carbocycles. The Bertz CT molecular complexity index is 507.